The molecule has 0 aromatic carbocycles. The van der Waals surface area contributed by atoms with Gasteiger partial charge < -0.3 is 4.74 Å². The van der Waals surface area contributed by atoms with Crippen LogP contribution in [0.25, 0.3) is 0 Å². The van der Waals surface area contributed by atoms with Crippen LogP contribution in [0, 0.1) is 5.92 Å². The lowest BCUT2D eigenvalue weighted by Crippen LogP contribution is -2.25. The fourth-order valence-corrected chi connectivity index (χ4v) is 4.89. The van der Waals surface area contributed by atoms with Crippen LogP contribution in [0.15, 0.2) is 53.5 Å². The zero-order valence-corrected chi connectivity index (χ0v) is 26.8. The van der Waals surface area contributed by atoms with Crippen LogP contribution >= 0.6 is 0 Å². The fraction of sp³-hybridized carbons (Fsp3) is 0.750. The van der Waals surface area contributed by atoms with E-state index in [1.54, 1.807) is 0 Å². The third kappa shape index (κ3) is 23.8. The van der Waals surface area contributed by atoms with Crippen LogP contribution in [0.3, 0.4) is 0 Å². The smallest absolute Gasteiger partial charge is 0.0926 e. The summed E-state index contributed by atoms with van der Waals surface area (Å²) >= 11 is 0. The molecule has 0 bridgehead atoms. The van der Waals surface area contributed by atoms with E-state index in [2.05, 4.69) is 65.5 Å². The number of unbranched alkanes of at least 4 members (excludes halogenated alkanes) is 12. The second kappa shape index (κ2) is 26.5. The molecule has 226 valence electrons. The second-order valence-corrected chi connectivity index (χ2v) is 11.8. The first-order chi connectivity index (χ1) is 18.9. The molecule has 0 radical (unpaired) electrons. The average Bonchev–Trinajstić information content (AvgIpc) is 2.93. The Bertz CT molecular complexity index is 678. The number of hydrogen-bond donors (Lipinski definition) is 0. The van der Waals surface area contributed by atoms with Gasteiger partial charge in [-0.3, -0.25) is 5.01 Å². The third-order valence-electron chi connectivity index (χ3n) is 7.66. The van der Waals surface area contributed by atoms with E-state index >= 15 is 0 Å². The molecule has 3 heteroatoms. The molecule has 0 rings (SSSR count). The third-order valence-corrected chi connectivity index (χ3v) is 7.66. The Balaban J connectivity index is 4.80. The zero-order chi connectivity index (χ0) is 29.1. The summed E-state index contributed by atoms with van der Waals surface area (Å²) in [5.41, 5.74) is 3.94. The molecule has 0 N–H and O–H groups in total. The SMILES string of the molecule is C=NN(/C=C(\C)CCC(=C)CC)CC(COC(=C)CCCCCCCCC)CC(=C)CCCCCCCCC. The van der Waals surface area contributed by atoms with Gasteiger partial charge in [-0.1, -0.05) is 134 Å². The first-order valence-electron chi connectivity index (χ1n) is 16.4. The van der Waals surface area contributed by atoms with E-state index in [1.807, 2.05) is 5.01 Å². The highest BCUT2D eigenvalue weighted by Crippen LogP contribution is 2.22. The van der Waals surface area contributed by atoms with Crippen LogP contribution in [-0.2, 0) is 4.74 Å². The fourth-order valence-electron chi connectivity index (χ4n) is 4.89. The topological polar surface area (TPSA) is 24.8 Å². The highest BCUT2D eigenvalue weighted by Gasteiger charge is 2.16. The molecular formula is C36H66N2O. The van der Waals surface area contributed by atoms with Gasteiger partial charge in [-0.2, -0.15) is 5.10 Å². The number of rotatable bonds is 29. The summed E-state index contributed by atoms with van der Waals surface area (Å²) in [5.74, 6) is 1.24. The number of nitrogens with zero attached hydrogens (tertiary/aromatic N) is 2. The van der Waals surface area contributed by atoms with Gasteiger partial charge >= 0.3 is 0 Å². The van der Waals surface area contributed by atoms with Crippen LogP contribution in [-0.4, -0.2) is 24.9 Å². The molecule has 0 saturated heterocycles. The second-order valence-electron chi connectivity index (χ2n) is 11.8. The van der Waals surface area contributed by atoms with Gasteiger partial charge in [0, 0.05) is 31.8 Å². The van der Waals surface area contributed by atoms with Gasteiger partial charge in [-0.05, 0) is 51.9 Å². The highest BCUT2D eigenvalue weighted by molar-refractivity contribution is 5.23. The molecule has 0 aliphatic heterocycles. The van der Waals surface area contributed by atoms with E-state index in [4.69, 9.17) is 4.74 Å². The molecule has 0 spiro atoms. The van der Waals surface area contributed by atoms with Gasteiger partial charge in [0.25, 0.3) is 0 Å². The van der Waals surface area contributed by atoms with Gasteiger partial charge in [-0.25, -0.2) is 0 Å². The average molecular weight is 543 g/mol. The predicted molar refractivity (Wildman–Crippen MR) is 176 cm³/mol. The zero-order valence-electron chi connectivity index (χ0n) is 26.8. The normalized spacial score (nSPS) is 12.3. The van der Waals surface area contributed by atoms with E-state index in [1.165, 1.54) is 107 Å². The standard InChI is InChI=1S/C36H66N2O/c1-9-12-14-16-18-20-22-24-33(5)28-36(30-38(37-8)29-34(6)27-26-32(4)11-3)31-39-35(7)25-23-21-19-17-15-13-10-2/h29,36H,4-5,7-28,30-31H2,1-3,6H3/b34-29+. The summed E-state index contributed by atoms with van der Waals surface area (Å²) in [6, 6.07) is 0. The van der Waals surface area contributed by atoms with Gasteiger partial charge in [0.1, 0.15) is 0 Å². The van der Waals surface area contributed by atoms with Crippen molar-refractivity contribution in [1.29, 1.82) is 0 Å². The minimum absolute atomic E-state index is 0.313. The van der Waals surface area contributed by atoms with Gasteiger partial charge in [-0.15, -0.1) is 0 Å². The Morgan fingerprint density at radius 1 is 0.718 bits per heavy atom. The van der Waals surface area contributed by atoms with Crippen molar-refractivity contribution >= 4 is 6.72 Å². The Hall–Kier alpha value is -1.77. The summed E-state index contributed by atoms with van der Waals surface area (Å²) in [5, 5.41) is 6.33. The largest absolute Gasteiger partial charge is 0.498 e. The van der Waals surface area contributed by atoms with Crippen molar-refractivity contribution in [2.75, 3.05) is 13.2 Å². The Morgan fingerprint density at radius 3 is 1.79 bits per heavy atom. The van der Waals surface area contributed by atoms with Crippen molar-refractivity contribution in [3.05, 3.63) is 48.4 Å². The monoisotopic (exact) mass is 543 g/mol. The van der Waals surface area contributed by atoms with Crippen LogP contribution in [0.4, 0.5) is 0 Å². The summed E-state index contributed by atoms with van der Waals surface area (Å²) in [4.78, 5) is 0. The van der Waals surface area contributed by atoms with Gasteiger partial charge in [0.15, 0.2) is 0 Å². The molecule has 3 nitrogen and oxygen atoms in total. The van der Waals surface area contributed by atoms with Crippen LogP contribution in [0.5, 0.6) is 0 Å². The first-order valence-corrected chi connectivity index (χ1v) is 16.4. The minimum Gasteiger partial charge on any atom is -0.498 e. The molecule has 0 aromatic rings. The number of ether oxygens (including phenoxy) is 1. The molecule has 0 heterocycles. The number of hydrazone groups is 1. The van der Waals surface area contributed by atoms with E-state index in [9.17, 15) is 0 Å². The van der Waals surface area contributed by atoms with Crippen molar-refractivity contribution in [3.8, 4) is 0 Å². The summed E-state index contributed by atoms with van der Waals surface area (Å²) < 4.78 is 6.22. The molecule has 0 aliphatic carbocycles. The molecule has 0 aliphatic rings. The van der Waals surface area contributed by atoms with Gasteiger partial charge in [0.2, 0.25) is 0 Å². The number of hydrogen-bond acceptors (Lipinski definition) is 3. The van der Waals surface area contributed by atoms with Crippen molar-refractivity contribution in [2.45, 2.75) is 156 Å². The van der Waals surface area contributed by atoms with E-state index in [0.29, 0.717) is 12.5 Å². The summed E-state index contributed by atoms with van der Waals surface area (Å²) in [6.07, 6.45) is 26.8. The highest BCUT2D eigenvalue weighted by atomic mass is 16.5. The van der Waals surface area contributed by atoms with Crippen LogP contribution < -0.4 is 0 Å². The summed E-state index contributed by atoms with van der Waals surface area (Å²) in [6.45, 7) is 27.0. The maximum absolute atomic E-state index is 6.22. The van der Waals surface area contributed by atoms with Crippen LogP contribution in [0.1, 0.15) is 156 Å². The Labute approximate surface area is 244 Å². The maximum atomic E-state index is 6.22. The van der Waals surface area contributed by atoms with E-state index < -0.39 is 0 Å². The predicted octanol–water partition coefficient (Wildman–Crippen LogP) is 11.9. The molecule has 0 saturated carbocycles. The lowest BCUT2D eigenvalue weighted by Gasteiger charge is -2.25. The van der Waals surface area contributed by atoms with Crippen molar-refractivity contribution in [1.82, 2.24) is 5.01 Å². The maximum Gasteiger partial charge on any atom is 0.0926 e. The lowest BCUT2D eigenvalue weighted by molar-refractivity contribution is 0.138. The minimum atomic E-state index is 0.313. The molecule has 0 fully saturated rings. The molecule has 39 heavy (non-hydrogen) atoms. The quantitative estimate of drug-likeness (QED) is 0.0308. The summed E-state index contributed by atoms with van der Waals surface area (Å²) in [7, 11) is 0. The number of allylic oxidation sites excluding steroid dienone is 4. The molecular weight excluding hydrogens is 476 g/mol. The molecule has 1 unspecified atom stereocenters. The molecule has 0 amide bonds. The van der Waals surface area contributed by atoms with E-state index in [0.717, 1.165) is 50.8 Å². The molecule has 1 atom stereocenters. The Kier molecular flexibility index (Phi) is 25.3. The van der Waals surface area contributed by atoms with Gasteiger partial charge in [0.05, 0.1) is 12.4 Å². The van der Waals surface area contributed by atoms with E-state index in [-0.39, 0.29) is 0 Å². The van der Waals surface area contributed by atoms with Crippen molar-refractivity contribution in [2.24, 2.45) is 11.0 Å². The lowest BCUT2D eigenvalue weighted by atomic mass is 9.96. The first kappa shape index (κ1) is 37.2. The van der Waals surface area contributed by atoms with Crippen molar-refractivity contribution < 1.29 is 4.74 Å². The Morgan fingerprint density at radius 2 is 1.26 bits per heavy atom. The van der Waals surface area contributed by atoms with Crippen LogP contribution in [0.2, 0.25) is 0 Å². The van der Waals surface area contributed by atoms with Crippen molar-refractivity contribution in [3.63, 3.8) is 0 Å². The molecule has 0 aromatic heterocycles.